The molecule has 1 aromatic rings. The number of carboxylic acids is 1. The minimum Gasteiger partial charge on any atom is -0.497 e. The fourth-order valence-electron chi connectivity index (χ4n) is 4.23. The molecule has 2 N–H and O–H groups in total. The van der Waals surface area contributed by atoms with Crippen LogP contribution in [0.2, 0.25) is 0 Å². The summed E-state index contributed by atoms with van der Waals surface area (Å²) in [6.45, 7) is 1.56. The van der Waals surface area contributed by atoms with E-state index in [-0.39, 0.29) is 31.1 Å². The fourth-order valence-corrected chi connectivity index (χ4v) is 4.23. The molecule has 3 atom stereocenters. The zero-order chi connectivity index (χ0) is 20.0. The van der Waals surface area contributed by atoms with Crippen LogP contribution in [0, 0.1) is 5.41 Å². The Morgan fingerprint density at radius 2 is 2.00 bits per heavy atom. The summed E-state index contributed by atoms with van der Waals surface area (Å²) in [5.74, 6) is 0.303. The lowest BCUT2D eigenvalue weighted by Crippen LogP contribution is -2.46. The van der Waals surface area contributed by atoms with Crippen molar-refractivity contribution in [2.75, 3.05) is 13.7 Å². The average Bonchev–Trinajstić information content (AvgIpc) is 3.23. The Hall–Kier alpha value is -2.77. The summed E-state index contributed by atoms with van der Waals surface area (Å²) in [6.07, 6.45) is 2.73. The largest absolute Gasteiger partial charge is 0.497 e. The quantitative estimate of drug-likeness (QED) is 0.727. The monoisotopic (exact) mass is 379 g/mol. The molecule has 8 heteroatoms. The second-order valence-corrected chi connectivity index (χ2v) is 6.64. The number of ether oxygens (including phenoxy) is 2. The first kappa shape index (κ1) is 20.5. The molecule has 2 aliphatic rings. The van der Waals surface area contributed by atoms with E-state index in [2.05, 4.69) is 0 Å². The normalized spacial score (nSPS) is 25.3. The molecule has 2 fully saturated rings. The maximum Gasteiger partial charge on any atom is 0.311 e. The predicted octanol–water partition coefficient (Wildman–Crippen LogP) is 2.02. The number of carbonyl (C=O) groups excluding carboxylic acids is 1. The first-order valence-corrected chi connectivity index (χ1v) is 8.82. The number of fused-ring (bicyclic) bond motifs is 2. The molecule has 1 amide bonds. The van der Waals surface area contributed by atoms with Gasteiger partial charge in [-0.15, -0.1) is 0 Å². The highest BCUT2D eigenvalue weighted by Crippen LogP contribution is 2.51. The van der Waals surface area contributed by atoms with E-state index in [1.54, 1.807) is 36.3 Å². The van der Waals surface area contributed by atoms with Crippen LogP contribution in [0.1, 0.15) is 32.6 Å². The first-order valence-electron chi connectivity index (χ1n) is 8.82. The summed E-state index contributed by atoms with van der Waals surface area (Å²) >= 11 is 0. The molecule has 2 heterocycles. The maximum absolute atomic E-state index is 12.6. The molecule has 0 saturated carbocycles. The summed E-state index contributed by atoms with van der Waals surface area (Å²) in [6, 6.07) is 6.89. The third-order valence-corrected chi connectivity index (χ3v) is 5.49. The number of aliphatic carboxylic acids is 1. The molecule has 0 unspecified atom stereocenters. The van der Waals surface area contributed by atoms with Crippen molar-refractivity contribution >= 4 is 18.3 Å². The SMILES string of the molecule is CC[C@@]1(C(=O)O)C[C@@H]2CC[C@H]1N2C(=O)COc1cccc(OC)c1.O=CO. The van der Waals surface area contributed by atoms with E-state index < -0.39 is 11.4 Å². The number of benzene rings is 1. The van der Waals surface area contributed by atoms with E-state index in [4.69, 9.17) is 19.4 Å². The number of carbonyl (C=O) groups is 3. The van der Waals surface area contributed by atoms with Gasteiger partial charge in [-0.25, -0.2) is 0 Å². The van der Waals surface area contributed by atoms with Crippen molar-refractivity contribution in [2.24, 2.45) is 5.41 Å². The summed E-state index contributed by atoms with van der Waals surface area (Å²) in [5, 5.41) is 16.6. The second kappa shape index (κ2) is 8.75. The molecular weight excluding hydrogens is 354 g/mol. The first-order chi connectivity index (χ1) is 12.9. The van der Waals surface area contributed by atoms with Gasteiger partial charge in [0, 0.05) is 18.2 Å². The molecular formula is C19H25NO7. The van der Waals surface area contributed by atoms with Gasteiger partial charge in [0.1, 0.15) is 11.5 Å². The number of methoxy groups -OCH3 is 1. The number of hydrogen-bond acceptors (Lipinski definition) is 5. The van der Waals surface area contributed by atoms with Gasteiger partial charge in [0.15, 0.2) is 6.61 Å². The summed E-state index contributed by atoms with van der Waals surface area (Å²) < 4.78 is 10.7. The van der Waals surface area contributed by atoms with Gasteiger partial charge in [-0.05, 0) is 37.8 Å². The van der Waals surface area contributed by atoms with E-state index in [0.29, 0.717) is 24.3 Å². The minimum absolute atomic E-state index is 0.0208. The van der Waals surface area contributed by atoms with Crippen molar-refractivity contribution in [2.45, 2.75) is 44.7 Å². The van der Waals surface area contributed by atoms with Crippen LogP contribution >= 0.6 is 0 Å². The number of carboxylic acid groups (broad SMARTS) is 2. The van der Waals surface area contributed by atoms with Crippen molar-refractivity contribution in [1.82, 2.24) is 4.90 Å². The molecule has 0 radical (unpaired) electrons. The lowest BCUT2D eigenvalue weighted by Gasteiger charge is -2.32. The maximum atomic E-state index is 12.6. The Morgan fingerprint density at radius 1 is 1.33 bits per heavy atom. The highest BCUT2D eigenvalue weighted by molar-refractivity contribution is 5.83. The lowest BCUT2D eigenvalue weighted by atomic mass is 9.72. The molecule has 8 nitrogen and oxygen atoms in total. The zero-order valence-electron chi connectivity index (χ0n) is 15.5. The van der Waals surface area contributed by atoms with Crippen molar-refractivity contribution in [3.05, 3.63) is 24.3 Å². The Balaban J connectivity index is 0.000000817. The van der Waals surface area contributed by atoms with Gasteiger partial charge in [-0.2, -0.15) is 0 Å². The molecule has 2 saturated heterocycles. The zero-order valence-corrected chi connectivity index (χ0v) is 15.5. The van der Waals surface area contributed by atoms with Gasteiger partial charge < -0.3 is 24.6 Å². The van der Waals surface area contributed by atoms with Gasteiger partial charge in [-0.1, -0.05) is 13.0 Å². The number of rotatable bonds is 6. The molecule has 0 aromatic heterocycles. The van der Waals surface area contributed by atoms with Gasteiger partial charge in [0.2, 0.25) is 0 Å². The minimum atomic E-state index is -0.797. The van der Waals surface area contributed by atoms with Crippen LogP contribution in [0.3, 0.4) is 0 Å². The van der Waals surface area contributed by atoms with Crippen LogP contribution in [0.4, 0.5) is 0 Å². The third kappa shape index (κ3) is 3.99. The summed E-state index contributed by atoms with van der Waals surface area (Å²) in [5.41, 5.74) is -0.797. The molecule has 2 bridgehead atoms. The van der Waals surface area contributed by atoms with Crippen molar-refractivity contribution < 1.29 is 34.1 Å². The molecule has 148 valence electrons. The van der Waals surface area contributed by atoms with E-state index in [1.165, 1.54) is 0 Å². The van der Waals surface area contributed by atoms with E-state index >= 15 is 0 Å². The van der Waals surface area contributed by atoms with Crippen molar-refractivity contribution in [1.29, 1.82) is 0 Å². The van der Waals surface area contributed by atoms with Crippen LogP contribution < -0.4 is 9.47 Å². The average molecular weight is 379 g/mol. The van der Waals surface area contributed by atoms with E-state index in [1.807, 2.05) is 6.92 Å². The fraction of sp³-hybridized carbons (Fsp3) is 0.526. The molecule has 0 spiro atoms. The Labute approximate surface area is 157 Å². The third-order valence-electron chi connectivity index (χ3n) is 5.49. The van der Waals surface area contributed by atoms with E-state index in [0.717, 1.165) is 12.8 Å². The highest BCUT2D eigenvalue weighted by Gasteiger charge is 2.60. The second-order valence-electron chi connectivity index (χ2n) is 6.64. The smallest absolute Gasteiger partial charge is 0.311 e. The molecule has 0 aliphatic carbocycles. The van der Waals surface area contributed by atoms with Crippen LogP contribution in [0.5, 0.6) is 11.5 Å². The number of amides is 1. The Morgan fingerprint density at radius 3 is 2.56 bits per heavy atom. The number of nitrogens with zero attached hydrogens (tertiary/aromatic N) is 1. The Kier molecular flexibility index (Phi) is 6.65. The van der Waals surface area contributed by atoms with Crippen molar-refractivity contribution in [3.8, 4) is 11.5 Å². The lowest BCUT2D eigenvalue weighted by molar-refractivity contribution is -0.152. The van der Waals surface area contributed by atoms with Crippen LogP contribution in [-0.4, -0.2) is 59.3 Å². The molecule has 1 aromatic carbocycles. The van der Waals surface area contributed by atoms with Gasteiger partial charge in [0.05, 0.1) is 12.5 Å². The van der Waals surface area contributed by atoms with Crippen LogP contribution in [0.15, 0.2) is 24.3 Å². The van der Waals surface area contributed by atoms with Crippen LogP contribution in [0.25, 0.3) is 0 Å². The van der Waals surface area contributed by atoms with Gasteiger partial charge >= 0.3 is 5.97 Å². The van der Waals surface area contributed by atoms with Crippen molar-refractivity contribution in [3.63, 3.8) is 0 Å². The molecule has 2 aliphatic heterocycles. The van der Waals surface area contributed by atoms with Gasteiger partial charge in [-0.3, -0.25) is 14.4 Å². The molecule has 27 heavy (non-hydrogen) atoms. The molecule has 3 rings (SSSR count). The predicted molar refractivity (Wildman–Crippen MR) is 95.8 cm³/mol. The highest BCUT2D eigenvalue weighted by atomic mass is 16.5. The summed E-state index contributed by atoms with van der Waals surface area (Å²) in [7, 11) is 1.57. The Bertz CT molecular complexity index is 692. The van der Waals surface area contributed by atoms with E-state index in [9.17, 15) is 14.7 Å². The van der Waals surface area contributed by atoms with Gasteiger partial charge in [0.25, 0.3) is 12.4 Å². The van der Waals surface area contributed by atoms with Crippen LogP contribution in [-0.2, 0) is 14.4 Å². The standard InChI is InChI=1S/C18H23NO5.CH2O2/c1-3-18(17(21)22)10-12-7-8-15(18)19(12)16(20)11-24-14-6-4-5-13(9-14)23-2;2-1-3/h4-6,9,12,15H,3,7-8,10-11H2,1-2H3,(H,21,22);1H,(H,2,3)/t12-,15+,18+;/m0./s1. The number of hydrogen-bond donors (Lipinski definition) is 2. The topological polar surface area (TPSA) is 113 Å². The summed E-state index contributed by atoms with van der Waals surface area (Å²) in [4.78, 5) is 34.5.